The van der Waals surface area contributed by atoms with Gasteiger partial charge in [0, 0.05) is 18.3 Å². The van der Waals surface area contributed by atoms with Crippen LogP contribution in [0.25, 0.3) is 0 Å². The average molecular weight is 343 g/mol. The molecule has 0 atom stereocenters. The molecule has 1 aliphatic carbocycles. The zero-order valence-corrected chi connectivity index (χ0v) is 13.6. The van der Waals surface area contributed by atoms with Crippen LogP contribution in [0.4, 0.5) is 5.69 Å². The Morgan fingerprint density at radius 3 is 2.64 bits per heavy atom. The highest BCUT2D eigenvalue weighted by Gasteiger charge is 2.21. The van der Waals surface area contributed by atoms with Crippen molar-refractivity contribution in [3.05, 3.63) is 41.9 Å². The standard InChI is InChI=1S/C17H17N3O5/c1-24-17(23)11-4-12(18-7-10-2-3-10)6-13(5-11)25-15-9-19-14(8-20-15)16(21)22/h4-6,8-10,18H,2-3,7H2,1H3,(H,21,22). The number of esters is 1. The van der Waals surface area contributed by atoms with Gasteiger partial charge in [0.15, 0.2) is 5.69 Å². The van der Waals surface area contributed by atoms with E-state index >= 15 is 0 Å². The van der Waals surface area contributed by atoms with Crippen molar-refractivity contribution in [1.29, 1.82) is 0 Å². The lowest BCUT2D eigenvalue weighted by atomic mass is 10.2. The fourth-order valence-corrected chi connectivity index (χ4v) is 2.18. The van der Waals surface area contributed by atoms with Gasteiger partial charge in [-0.3, -0.25) is 0 Å². The van der Waals surface area contributed by atoms with Gasteiger partial charge in [0.1, 0.15) is 5.75 Å². The number of nitrogens with one attached hydrogen (secondary N) is 1. The summed E-state index contributed by atoms with van der Waals surface area (Å²) in [5.41, 5.74) is 0.899. The van der Waals surface area contributed by atoms with Crippen LogP contribution >= 0.6 is 0 Å². The van der Waals surface area contributed by atoms with Crippen molar-refractivity contribution < 1.29 is 24.2 Å². The van der Waals surface area contributed by atoms with Crippen molar-refractivity contribution in [2.45, 2.75) is 12.8 Å². The number of anilines is 1. The van der Waals surface area contributed by atoms with Crippen molar-refractivity contribution >= 4 is 17.6 Å². The van der Waals surface area contributed by atoms with Gasteiger partial charge in [0.05, 0.1) is 25.1 Å². The Morgan fingerprint density at radius 2 is 2.04 bits per heavy atom. The second kappa shape index (κ2) is 7.16. The summed E-state index contributed by atoms with van der Waals surface area (Å²) in [6.45, 7) is 0.831. The third-order valence-electron chi connectivity index (χ3n) is 3.69. The van der Waals surface area contributed by atoms with Gasteiger partial charge in [-0.2, -0.15) is 0 Å². The maximum absolute atomic E-state index is 11.8. The van der Waals surface area contributed by atoms with E-state index in [-0.39, 0.29) is 11.6 Å². The highest BCUT2D eigenvalue weighted by atomic mass is 16.5. The summed E-state index contributed by atoms with van der Waals surface area (Å²) in [7, 11) is 1.31. The van der Waals surface area contributed by atoms with Crippen molar-refractivity contribution in [2.24, 2.45) is 5.92 Å². The minimum Gasteiger partial charge on any atom is -0.476 e. The second-order valence-electron chi connectivity index (χ2n) is 5.71. The summed E-state index contributed by atoms with van der Waals surface area (Å²) in [5.74, 6) is -0.482. The number of aromatic nitrogens is 2. The molecule has 0 spiro atoms. The first kappa shape index (κ1) is 16.7. The highest BCUT2D eigenvalue weighted by molar-refractivity contribution is 5.91. The molecule has 0 unspecified atom stereocenters. The summed E-state index contributed by atoms with van der Waals surface area (Å²) < 4.78 is 10.4. The van der Waals surface area contributed by atoms with Gasteiger partial charge in [-0.15, -0.1) is 0 Å². The third-order valence-corrected chi connectivity index (χ3v) is 3.69. The smallest absolute Gasteiger partial charge is 0.356 e. The lowest BCUT2D eigenvalue weighted by Crippen LogP contribution is -2.07. The van der Waals surface area contributed by atoms with Gasteiger partial charge in [0.25, 0.3) is 0 Å². The molecular formula is C17H17N3O5. The van der Waals surface area contributed by atoms with Gasteiger partial charge >= 0.3 is 11.9 Å². The largest absolute Gasteiger partial charge is 0.476 e. The molecule has 3 rings (SSSR count). The highest BCUT2D eigenvalue weighted by Crippen LogP contribution is 2.30. The van der Waals surface area contributed by atoms with Crippen LogP contribution in [0.1, 0.15) is 33.7 Å². The van der Waals surface area contributed by atoms with Gasteiger partial charge in [-0.25, -0.2) is 19.6 Å². The molecule has 8 nitrogen and oxygen atoms in total. The number of carbonyl (C=O) groups excluding carboxylic acids is 1. The predicted octanol–water partition coefficient (Wildman–Crippen LogP) is 2.58. The lowest BCUT2D eigenvalue weighted by molar-refractivity contribution is 0.0599. The van der Waals surface area contributed by atoms with Crippen LogP contribution in [0, 0.1) is 5.92 Å². The normalized spacial score (nSPS) is 13.2. The van der Waals surface area contributed by atoms with Crippen LogP contribution < -0.4 is 10.1 Å². The molecule has 1 heterocycles. The number of methoxy groups -OCH3 is 1. The van der Waals surface area contributed by atoms with Crippen molar-refractivity contribution in [3.63, 3.8) is 0 Å². The quantitative estimate of drug-likeness (QED) is 0.738. The molecule has 25 heavy (non-hydrogen) atoms. The van der Waals surface area contributed by atoms with Crippen LogP contribution in [0.15, 0.2) is 30.6 Å². The number of nitrogens with zero attached hydrogens (tertiary/aromatic N) is 2. The first-order chi connectivity index (χ1) is 12.0. The number of hydrogen-bond acceptors (Lipinski definition) is 7. The second-order valence-corrected chi connectivity index (χ2v) is 5.71. The first-order valence-corrected chi connectivity index (χ1v) is 7.75. The van der Waals surface area contributed by atoms with Gasteiger partial charge in [-0.1, -0.05) is 0 Å². The molecule has 0 aliphatic heterocycles. The number of ether oxygens (including phenoxy) is 2. The molecule has 0 radical (unpaired) electrons. The van der Waals surface area contributed by atoms with E-state index in [1.807, 2.05) is 0 Å². The fourth-order valence-electron chi connectivity index (χ4n) is 2.18. The predicted molar refractivity (Wildman–Crippen MR) is 88.1 cm³/mol. The van der Waals surface area contributed by atoms with E-state index in [0.717, 1.165) is 18.4 Å². The minimum atomic E-state index is -1.17. The molecule has 0 saturated heterocycles. The van der Waals surface area contributed by atoms with E-state index in [9.17, 15) is 9.59 Å². The van der Waals surface area contributed by atoms with Crippen molar-refractivity contribution in [2.75, 3.05) is 19.0 Å². The average Bonchev–Trinajstić information content (AvgIpc) is 3.44. The summed E-state index contributed by atoms with van der Waals surface area (Å²) in [5, 5.41) is 12.1. The molecule has 1 fully saturated rings. The zero-order chi connectivity index (χ0) is 17.8. The number of benzene rings is 1. The summed E-state index contributed by atoms with van der Waals surface area (Å²) >= 11 is 0. The summed E-state index contributed by atoms with van der Waals surface area (Å²) in [4.78, 5) is 30.3. The van der Waals surface area contributed by atoms with Gasteiger partial charge in [-0.05, 0) is 30.9 Å². The van der Waals surface area contributed by atoms with Crippen LogP contribution in [-0.2, 0) is 4.74 Å². The Labute approximate surface area is 143 Å². The Morgan fingerprint density at radius 1 is 1.24 bits per heavy atom. The van der Waals surface area contributed by atoms with E-state index in [2.05, 4.69) is 15.3 Å². The Balaban J connectivity index is 1.81. The molecule has 1 aromatic heterocycles. The topological polar surface area (TPSA) is 111 Å². The van der Waals surface area contributed by atoms with Gasteiger partial charge < -0.3 is 19.9 Å². The number of carboxylic acid groups (broad SMARTS) is 1. The number of carbonyl (C=O) groups is 2. The van der Waals surface area contributed by atoms with Crippen LogP contribution in [0.2, 0.25) is 0 Å². The van der Waals surface area contributed by atoms with Crippen LogP contribution in [-0.4, -0.2) is 40.7 Å². The Hall–Kier alpha value is -3.16. The number of aromatic carboxylic acids is 1. The van der Waals surface area contributed by atoms with Crippen LogP contribution in [0.3, 0.4) is 0 Å². The molecule has 130 valence electrons. The van der Waals surface area contributed by atoms with E-state index in [1.165, 1.54) is 32.2 Å². The molecule has 1 aromatic carbocycles. The molecule has 1 saturated carbocycles. The Bertz CT molecular complexity index is 787. The molecule has 0 amide bonds. The van der Waals surface area contributed by atoms with E-state index in [0.29, 0.717) is 17.2 Å². The lowest BCUT2D eigenvalue weighted by Gasteiger charge is -2.11. The molecule has 0 bridgehead atoms. The molecule has 8 heteroatoms. The number of hydrogen-bond donors (Lipinski definition) is 2. The molecule has 2 N–H and O–H groups in total. The third kappa shape index (κ3) is 4.43. The maximum Gasteiger partial charge on any atom is 0.356 e. The van der Waals surface area contributed by atoms with Gasteiger partial charge in [0.2, 0.25) is 5.88 Å². The monoisotopic (exact) mass is 343 g/mol. The SMILES string of the molecule is COC(=O)c1cc(NCC2CC2)cc(Oc2cnc(C(=O)O)cn2)c1. The van der Waals surface area contributed by atoms with E-state index in [1.54, 1.807) is 12.1 Å². The molecule has 1 aliphatic rings. The fraction of sp³-hybridized carbons (Fsp3) is 0.294. The minimum absolute atomic E-state index is 0.125. The zero-order valence-electron chi connectivity index (χ0n) is 13.6. The number of rotatable bonds is 7. The summed E-state index contributed by atoms with van der Waals surface area (Å²) in [6, 6.07) is 4.96. The summed E-state index contributed by atoms with van der Waals surface area (Å²) in [6.07, 6.45) is 4.73. The van der Waals surface area contributed by atoms with Crippen molar-refractivity contribution in [3.8, 4) is 11.6 Å². The molecule has 2 aromatic rings. The van der Waals surface area contributed by atoms with Crippen molar-refractivity contribution in [1.82, 2.24) is 9.97 Å². The Kier molecular flexibility index (Phi) is 4.78. The number of carboxylic acids is 1. The van der Waals surface area contributed by atoms with E-state index in [4.69, 9.17) is 14.6 Å². The first-order valence-electron chi connectivity index (χ1n) is 7.75. The van der Waals surface area contributed by atoms with Crippen LogP contribution in [0.5, 0.6) is 11.6 Å². The maximum atomic E-state index is 11.8. The van der Waals surface area contributed by atoms with E-state index < -0.39 is 11.9 Å². The molecular weight excluding hydrogens is 326 g/mol.